The molecule has 1 aromatic rings. The molecular weight excluding hydrogens is 330 g/mol. The Balaban J connectivity index is 1.47. The first-order valence-electron chi connectivity index (χ1n) is 9.40. The lowest BCUT2D eigenvalue weighted by Gasteiger charge is -2.22. The fraction of sp³-hybridized carbons (Fsp3) is 0.650. The van der Waals surface area contributed by atoms with E-state index >= 15 is 0 Å². The van der Waals surface area contributed by atoms with Crippen molar-refractivity contribution in [2.75, 3.05) is 47.0 Å². The highest BCUT2D eigenvalue weighted by Gasteiger charge is 2.32. The van der Waals surface area contributed by atoms with Gasteiger partial charge in [-0.2, -0.15) is 0 Å². The normalized spacial score (nSPS) is 21.5. The smallest absolute Gasteiger partial charge is 0.193 e. The largest absolute Gasteiger partial charge is 0.488 e. The van der Waals surface area contributed by atoms with Crippen LogP contribution in [0, 0.1) is 5.92 Å². The number of rotatable bonds is 6. The number of benzene rings is 1. The van der Waals surface area contributed by atoms with Crippen LogP contribution in [0.3, 0.4) is 0 Å². The van der Waals surface area contributed by atoms with Gasteiger partial charge in [0.2, 0.25) is 0 Å². The van der Waals surface area contributed by atoms with E-state index in [4.69, 9.17) is 14.2 Å². The van der Waals surface area contributed by atoms with E-state index in [2.05, 4.69) is 35.1 Å². The van der Waals surface area contributed by atoms with E-state index in [1.165, 1.54) is 5.56 Å². The summed E-state index contributed by atoms with van der Waals surface area (Å²) in [7, 11) is 3.59. The number of nitrogens with one attached hydrogen (secondary N) is 1. The molecule has 1 atom stereocenters. The highest BCUT2D eigenvalue weighted by Crippen LogP contribution is 2.41. The molecule has 0 aliphatic carbocycles. The minimum Gasteiger partial charge on any atom is -0.488 e. The Labute approximate surface area is 156 Å². The number of guanidine groups is 1. The van der Waals surface area contributed by atoms with Crippen molar-refractivity contribution in [3.8, 4) is 11.5 Å². The Morgan fingerprint density at radius 1 is 1.42 bits per heavy atom. The Bertz CT molecular complexity index is 645. The lowest BCUT2D eigenvalue weighted by molar-refractivity contribution is 0.132. The van der Waals surface area contributed by atoms with Crippen LogP contribution in [0.15, 0.2) is 23.2 Å². The molecule has 144 valence electrons. The summed E-state index contributed by atoms with van der Waals surface area (Å²) in [5, 5.41) is 3.40. The van der Waals surface area contributed by atoms with E-state index in [1.54, 1.807) is 7.11 Å². The van der Waals surface area contributed by atoms with Gasteiger partial charge in [0, 0.05) is 45.1 Å². The zero-order chi connectivity index (χ0) is 18.6. The molecule has 0 radical (unpaired) electrons. The number of para-hydroxylation sites is 1. The Morgan fingerprint density at radius 2 is 2.27 bits per heavy atom. The van der Waals surface area contributed by atoms with Crippen LogP contribution in [-0.4, -0.2) is 63.5 Å². The van der Waals surface area contributed by atoms with Crippen LogP contribution < -0.4 is 14.8 Å². The molecule has 1 N–H and O–H groups in total. The van der Waals surface area contributed by atoms with Gasteiger partial charge in [-0.1, -0.05) is 12.1 Å². The number of aliphatic imine (C=N–C) groups is 1. The minimum atomic E-state index is -0.156. The van der Waals surface area contributed by atoms with Gasteiger partial charge in [0.25, 0.3) is 0 Å². The summed E-state index contributed by atoms with van der Waals surface area (Å²) < 4.78 is 17.3. The van der Waals surface area contributed by atoms with E-state index in [-0.39, 0.29) is 5.60 Å². The number of nitrogens with zero attached hydrogens (tertiary/aromatic N) is 2. The molecule has 2 aliphatic rings. The highest BCUT2D eigenvalue weighted by atomic mass is 16.5. The van der Waals surface area contributed by atoms with Crippen LogP contribution in [0.4, 0.5) is 0 Å². The SMILES string of the molecule is CN=C(NCCOc1cccc2c1OC(C)(C)C2)N1CCC(COC)C1. The number of hydrogen-bond acceptors (Lipinski definition) is 4. The molecule has 1 unspecified atom stereocenters. The Hall–Kier alpha value is -1.95. The zero-order valence-corrected chi connectivity index (χ0v) is 16.4. The second kappa shape index (κ2) is 8.16. The number of ether oxygens (including phenoxy) is 3. The van der Waals surface area contributed by atoms with Gasteiger partial charge in [0.05, 0.1) is 13.2 Å². The lowest BCUT2D eigenvalue weighted by Crippen LogP contribution is -2.41. The molecule has 1 aromatic carbocycles. The second-order valence-corrected chi connectivity index (χ2v) is 7.66. The lowest BCUT2D eigenvalue weighted by atomic mass is 10.0. The van der Waals surface area contributed by atoms with E-state index in [0.29, 0.717) is 19.1 Å². The van der Waals surface area contributed by atoms with Gasteiger partial charge in [-0.25, -0.2) is 0 Å². The summed E-state index contributed by atoms with van der Waals surface area (Å²) in [4.78, 5) is 6.68. The quantitative estimate of drug-likeness (QED) is 0.479. The van der Waals surface area contributed by atoms with Gasteiger partial charge in [-0.3, -0.25) is 4.99 Å². The van der Waals surface area contributed by atoms with E-state index < -0.39 is 0 Å². The summed E-state index contributed by atoms with van der Waals surface area (Å²) in [6.45, 7) is 8.30. The third-order valence-corrected chi connectivity index (χ3v) is 4.90. The molecule has 0 amide bonds. The van der Waals surface area contributed by atoms with Crippen molar-refractivity contribution in [1.82, 2.24) is 10.2 Å². The third-order valence-electron chi connectivity index (χ3n) is 4.90. The highest BCUT2D eigenvalue weighted by molar-refractivity contribution is 5.80. The van der Waals surface area contributed by atoms with Crippen molar-refractivity contribution < 1.29 is 14.2 Å². The second-order valence-electron chi connectivity index (χ2n) is 7.66. The molecule has 6 nitrogen and oxygen atoms in total. The van der Waals surface area contributed by atoms with Crippen LogP contribution in [0.5, 0.6) is 11.5 Å². The fourth-order valence-electron chi connectivity index (χ4n) is 3.75. The number of hydrogen-bond donors (Lipinski definition) is 1. The summed E-state index contributed by atoms with van der Waals surface area (Å²) in [5.74, 6) is 3.24. The van der Waals surface area contributed by atoms with Gasteiger partial charge in [-0.15, -0.1) is 0 Å². The van der Waals surface area contributed by atoms with Crippen molar-refractivity contribution in [3.05, 3.63) is 23.8 Å². The molecule has 1 fully saturated rings. The maximum absolute atomic E-state index is 6.05. The number of fused-ring (bicyclic) bond motifs is 1. The van der Waals surface area contributed by atoms with E-state index in [1.807, 2.05) is 19.2 Å². The average Bonchev–Trinajstić information content (AvgIpc) is 3.18. The summed E-state index contributed by atoms with van der Waals surface area (Å²) in [5.41, 5.74) is 1.06. The van der Waals surface area contributed by atoms with E-state index in [0.717, 1.165) is 50.0 Å². The first-order valence-corrected chi connectivity index (χ1v) is 9.40. The van der Waals surface area contributed by atoms with Crippen LogP contribution in [0.1, 0.15) is 25.8 Å². The standard InChI is InChI=1S/C20H31N3O3/c1-20(2)12-16-6-5-7-17(18(16)26-20)25-11-9-22-19(21-3)23-10-8-15(13-23)14-24-4/h5-7,15H,8-14H2,1-4H3,(H,21,22). The van der Waals surface area contributed by atoms with Crippen molar-refractivity contribution in [1.29, 1.82) is 0 Å². The summed E-state index contributed by atoms with van der Waals surface area (Å²) >= 11 is 0. The number of likely N-dealkylation sites (tertiary alicyclic amines) is 1. The molecule has 0 saturated carbocycles. The Morgan fingerprint density at radius 3 is 3.04 bits per heavy atom. The van der Waals surface area contributed by atoms with Crippen LogP contribution in [0.25, 0.3) is 0 Å². The first kappa shape index (κ1) is 18.8. The molecule has 2 heterocycles. The van der Waals surface area contributed by atoms with Crippen LogP contribution >= 0.6 is 0 Å². The molecule has 1 saturated heterocycles. The van der Waals surface area contributed by atoms with Gasteiger partial charge < -0.3 is 24.4 Å². The van der Waals surface area contributed by atoms with Gasteiger partial charge in [-0.05, 0) is 26.3 Å². The minimum absolute atomic E-state index is 0.156. The van der Waals surface area contributed by atoms with Gasteiger partial charge in [0.1, 0.15) is 12.2 Å². The van der Waals surface area contributed by atoms with Crippen molar-refractivity contribution in [3.63, 3.8) is 0 Å². The molecule has 0 aromatic heterocycles. The maximum atomic E-state index is 6.05. The zero-order valence-electron chi connectivity index (χ0n) is 16.4. The van der Waals surface area contributed by atoms with Gasteiger partial charge in [0.15, 0.2) is 17.5 Å². The first-order chi connectivity index (χ1) is 12.5. The topological polar surface area (TPSA) is 55.3 Å². The van der Waals surface area contributed by atoms with Crippen molar-refractivity contribution in [2.45, 2.75) is 32.3 Å². The molecule has 6 heteroatoms. The third kappa shape index (κ3) is 4.41. The monoisotopic (exact) mass is 361 g/mol. The maximum Gasteiger partial charge on any atom is 0.193 e. The Kier molecular flexibility index (Phi) is 5.91. The predicted octanol–water partition coefficient (Wildman–Crippen LogP) is 2.32. The van der Waals surface area contributed by atoms with Crippen molar-refractivity contribution in [2.24, 2.45) is 10.9 Å². The van der Waals surface area contributed by atoms with Crippen molar-refractivity contribution >= 4 is 5.96 Å². The average molecular weight is 361 g/mol. The molecule has 2 aliphatic heterocycles. The number of methoxy groups -OCH3 is 1. The molecule has 0 spiro atoms. The molecule has 0 bridgehead atoms. The predicted molar refractivity (Wildman–Crippen MR) is 103 cm³/mol. The summed E-state index contributed by atoms with van der Waals surface area (Å²) in [6.07, 6.45) is 2.07. The van der Waals surface area contributed by atoms with Gasteiger partial charge >= 0.3 is 0 Å². The van der Waals surface area contributed by atoms with E-state index in [9.17, 15) is 0 Å². The molecule has 26 heavy (non-hydrogen) atoms. The molecule has 3 rings (SSSR count). The summed E-state index contributed by atoms with van der Waals surface area (Å²) in [6, 6.07) is 6.12. The van der Waals surface area contributed by atoms with Crippen LogP contribution in [-0.2, 0) is 11.2 Å². The van der Waals surface area contributed by atoms with Crippen LogP contribution in [0.2, 0.25) is 0 Å². The molecular formula is C20H31N3O3. The fourth-order valence-corrected chi connectivity index (χ4v) is 3.75.